The van der Waals surface area contributed by atoms with Crippen molar-refractivity contribution < 1.29 is 18.0 Å². The quantitative estimate of drug-likeness (QED) is 0.664. The Morgan fingerprint density at radius 1 is 1.31 bits per heavy atom. The fourth-order valence-corrected chi connectivity index (χ4v) is 4.73. The number of nitrogens with one attached hydrogen (secondary N) is 3. The van der Waals surface area contributed by atoms with Crippen molar-refractivity contribution in [2.24, 2.45) is 5.92 Å². The van der Waals surface area contributed by atoms with Gasteiger partial charge < -0.3 is 10.6 Å². The fourth-order valence-electron chi connectivity index (χ4n) is 2.73. The summed E-state index contributed by atoms with van der Waals surface area (Å²) >= 11 is 0.748. The van der Waals surface area contributed by atoms with E-state index < -0.39 is 10.0 Å². The molecule has 1 aliphatic heterocycles. The first kappa shape index (κ1) is 18.3. The molecule has 0 spiro atoms. The number of amides is 2. The van der Waals surface area contributed by atoms with E-state index in [0.717, 1.165) is 16.9 Å². The number of rotatable bonds is 5. The van der Waals surface area contributed by atoms with E-state index in [4.69, 9.17) is 0 Å². The van der Waals surface area contributed by atoms with Crippen LogP contribution in [-0.4, -0.2) is 30.4 Å². The largest absolute Gasteiger partial charge is 0.325 e. The first-order valence-electron chi connectivity index (χ1n) is 7.76. The first-order valence-corrected chi connectivity index (χ1v) is 10.1. The van der Waals surface area contributed by atoms with E-state index in [1.807, 2.05) is 13.8 Å². The Hall–Kier alpha value is -2.53. The van der Waals surface area contributed by atoms with Crippen molar-refractivity contribution in [3.63, 3.8) is 0 Å². The zero-order chi connectivity index (χ0) is 19.1. The molecule has 1 atom stereocenters. The Bertz CT molecular complexity index is 984. The van der Waals surface area contributed by atoms with Crippen molar-refractivity contribution in [1.29, 1.82) is 0 Å². The predicted molar refractivity (Wildman–Crippen MR) is 97.7 cm³/mol. The Balaban J connectivity index is 1.86. The van der Waals surface area contributed by atoms with Crippen LogP contribution in [0.2, 0.25) is 0 Å². The van der Waals surface area contributed by atoms with Gasteiger partial charge in [-0.1, -0.05) is 25.2 Å². The molecule has 3 rings (SSSR count). The van der Waals surface area contributed by atoms with Crippen LogP contribution < -0.4 is 15.4 Å². The van der Waals surface area contributed by atoms with Gasteiger partial charge in [-0.3, -0.25) is 14.3 Å². The van der Waals surface area contributed by atoms with E-state index in [9.17, 15) is 18.0 Å². The summed E-state index contributed by atoms with van der Waals surface area (Å²) in [5.74, 6) is -0.721. The number of sulfonamides is 1. The van der Waals surface area contributed by atoms with E-state index in [-0.39, 0.29) is 33.1 Å². The summed E-state index contributed by atoms with van der Waals surface area (Å²) in [5.41, 5.74) is 1.75. The van der Waals surface area contributed by atoms with Crippen molar-refractivity contribution >= 4 is 49.7 Å². The number of hydrogen-bond acceptors (Lipinski definition) is 7. The normalized spacial score (nSPS) is 16.3. The summed E-state index contributed by atoms with van der Waals surface area (Å²) in [5, 5.41) is 12.5. The molecule has 0 saturated heterocycles. The van der Waals surface area contributed by atoms with Gasteiger partial charge in [0.1, 0.15) is 0 Å². The summed E-state index contributed by atoms with van der Waals surface area (Å²) in [7, 11) is -3.96. The second kappa shape index (κ2) is 6.65. The number of nitrogens with zero attached hydrogens (tertiary/aromatic N) is 2. The van der Waals surface area contributed by atoms with E-state index >= 15 is 0 Å². The Morgan fingerprint density at radius 3 is 2.69 bits per heavy atom. The minimum Gasteiger partial charge on any atom is -0.325 e. The van der Waals surface area contributed by atoms with Crippen LogP contribution in [0.1, 0.15) is 32.3 Å². The zero-order valence-electron chi connectivity index (χ0n) is 14.2. The lowest BCUT2D eigenvalue weighted by molar-refractivity contribution is -0.118. The topological polar surface area (TPSA) is 130 Å². The lowest BCUT2D eigenvalue weighted by atomic mass is 9.89. The van der Waals surface area contributed by atoms with Gasteiger partial charge in [0.15, 0.2) is 0 Å². The lowest BCUT2D eigenvalue weighted by Crippen LogP contribution is -2.17. The molecule has 1 aromatic heterocycles. The minimum absolute atomic E-state index is 0.0754. The molecule has 0 bridgehead atoms. The van der Waals surface area contributed by atoms with Crippen LogP contribution in [0.25, 0.3) is 0 Å². The summed E-state index contributed by atoms with van der Waals surface area (Å²) < 4.78 is 27.1. The first-order chi connectivity index (χ1) is 12.2. The number of aromatic nitrogens is 2. The molecule has 0 aliphatic carbocycles. The van der Waals surface area contributed by atoms with Crippen molar-refractivity contribution in [2.75, 3.05) is 15.4 Å². The van der Waals surface area contributed by atoms with Gasteiger partial charge in [0, 0.05) is 18.3 Å². The van der Waals surface area contributed by atoms with Crippen LogP contribution in [0.5, 0.6) is 0 Å². The van der Waals surface area contributed by atoms with Gasteiger partial charge in [-0.25, -0.2) is 0 Å². The van der Waals surface area contributed by atoms with Gasteiger partial charge >= 0.3 is 0 Å². The van der Waals surface area contributed by atoms with Gasteiger partial charge in [0.2, 0.25) is 16.9 Å². The predicted octanol–water partition coefficient (Wildman–Crippen LogP) is 1.99. The minimum atomic E-state index is -3.96. The summed E-state index contributed by atoms with van der Waals surface area (Å²) in [4.78, 5) is 23.1. The highest BCUT2D eigenvalue weighted by Gasteiger charge is 2.33. The molecule has 0 radical (unpaired) electrons. The fraction of sp³-hybridized carbons (Fsp3) is 0.333. The number of benzene rings is 1. The van der Waals surface area contributed by atoms with Crippen molar-refractivity contribution in [3.05, 3.63) is 23.8 Å². The van der Waals surface area contributed by atoms with Crippen LogP contribution in [0.15, 0.2) is 22.5 Å². The van der Waals surface area contributed by atoms with Crippen molar-refractivity contribution in [1.82, 2.24) is 10.2 Å². The molecular weight excluding hydrogens is 378 g/mol. The molecule has 11 heteroatoms. The molecule has 1 unspecified atom stereocenters. The molecule has 2 amide bonds. The van der Waals surface area contributed by atoms with Crippen LogP contribution >= 0.6 is 11.3 Å². The highest BCUT2D eigenvalue weighted by molar-refractivity contribution is 7.94. The summed E-state index contributed by atoms with van der Waals surface area (Å²) in [6, 6.07) is 4.87. The molecule has 1 aliphatic rings. The van der Waals surface area contributed by atoms with Crippen LogP contribution in [0, 0.1) is 5.92 Å². The smallest absolute Gasteiger partial charge is 0.291 e. The Morgan fingerprint density at radius 2 is 2.04 bits per heavy atom. The third-order valence-corrected chi connectivity index (χ3v) is 6.35. The maximum atomic E-state index is 12.5. The second-order valence-electron chi connectivity index (χ2n) is 6.17. The molecule has 1 aromatic carbocycles. The number of carbonyl (C=O) groups is 2. The average molecular weight is 395 g/mol. The lowest BCUT2D eigenvalue weighted by Gasteiger charge is -2.13. The SMILES string of the molecule is CC(=O)Nc1nnc(S(=O)(=O)Nc2ccc3c(c2)C(C(C)C)C(=O)N3)s1. The van der Waals surface area contributed by atoms with Gasteiger partial charge in [-0.2, -0.15) is 8.42 Å². The van der Waals surface area contributed by atoms with Gasteiger partial charge in [-0.05, 0) is 29.7 Å². The van der Waals surface area contributed by atoms with Crippen molar-refractivity contribution in [3.8, 4) is 0 Å². The molecule has 3 N–H and O–H groups in total. The highest BCUT2D eigenvalue weighted by atomic mass is 32.2. The molecule has 138 valence electrons. The number of carbonyl (C=O) groups excluding carboxylic acids is 2. The second-order valence-corrected chi connectivity index (χ2v) is 9.01. The standard InChI is InChI=1S/C15H17N5O4S2/c1-7(2)12-10-6-9(4-5-11(10)17-13(12)22)20-26(23,24)15-19-18-14(25-15)16-8(3)21/h4-7,12,20H,1-3H3,(H,17,22)(H,16,18,21). The molecule has 2 aromatic rings. The third kappa shape index (κ3) is 3.53. The Labute approximate surface area is 154 Å². The van der Waals surface area contributed by atoms with Crippen LogP contribution in [-0.2, 0) is 19.6 Å². The van der Waals surface area contributed by atoms with Gasteiger partial charge in [0.05, 0.1) is 5.92 Å². The summed E-state index contributed by atoms with van der Waals surface area (Å²) in [6.07, 6.45) is 0. The van der Waals surface area contributed by atoms with E-state index in [2.05, 4.69) is 25.6 Å². The van der Waals surface area contributed by atoms with E-state index in [0.29, 0.717) is 11.4 Å². The van der Waals surface area contributed by atoms with Gasteiger partial charge in [0.25, 0.3) is 14.4 Å². The summed E-state index contributed by atoms with van der Waals surface area (Å²) in [6.45, 7) is 5.15. The van der Waals surface area contributed by atoms with E-state index in [1.54, 1.807) is 18.2 Å². The molecular formula is C15H17N5O4S2. The van der Waals surface area contributed by atoms with E-state index in [1.165, 1.54) is 6.92 Å². The maximum Gasteiger partial charge on any atom is 0.291 e. The molecule has 0 fully saturated rings. The maximum absolute atomic E-state index is 12.5. The number of anilines is 3. The van der Waals surface area contributed by atoms with Crippen LogP contribution in [0.3, 0.4) is 0 Å². The zero-order valence-corrected chi connectivity index (χ0v) is 15.9. The number of hydrogen-bond donors (Lipinski definition) is 3. The third-order valence-electron chi connectivity index (χ3n) is 3.77. The monoisotopic (exact) mass is 395 g/mol. The highest BCUT2D eigenvalue weighted by Crippen LogP contribution is 2.39. The Kier molecular flexibility index (Phi) is 4.67. The molecule has 26 heavy (non-hydrogen) atoms. The molecule has 9 nitrogen and oxygen atoms in total. The number of fused-ring (bicyclic) bond motifs is 1. The van der Waals surface area contributed by atoms with Crippen molar-refractivity contribution in [2.45, 2.75) is 31.0 Å². The van der Waals surface area contributed by atoms with Crippen LogP contribution in [0.4, 0.5) is 16.5 Å². The average Bonchev–Trinajstić information content (AvgIpc) is 3.09. The van der Waals surface area contributed by atoms with Gasteiger partial charge in [-0.15, -0.1) is 10.2 Å². The molecule has 2 heterocycles. The molecule has 0 saturated carbocycles.